The van der Waals surface area contributed by atoms with Crippen LogP contribution in [0.3, 0.4) is 0 Å². The number of carbonyl (C=O) groups excluding carboxylic acids is 1. The van der Waals surface area contributed by atoms with E-state index < -0.39 is 15.7 Å². The van der Waals surface area contributed by atoms with Gasteiger partial charge in [0.15, 0.2) is 0 Å². The number of benzene rings is 1. The zero-order valence-electron chi connectivity index (χ0n) is 17.5. The molecule has 3 aromatic rings. The SMILES string of the molecule is CCS(=O)(=O)c1nnc(NC(=O)C(C#N)=Cc2cc(C)n(-c3ccc(C)cc3)c2C)s1. The van der Waals surface area contributed by atoms with Gasteiger partial charge >= 0.3 is 0 Å². The van der Waals surface area contributed by atoms with E-state index in [-0.39, 0.29) is 20.8 Å². The number of sulfone groups is 1. The topological polar surface area (TPSA) is 118 Å². The Hall–Kier alpha value is -3.29. The third kappa shape index (κ3) is 4.73. The van der Waals surface area contributed by atoms with Crippen molar-refractivity contribution in [2.24, 2.45) is 0 Å². The molecular formula is C21H21N5O3S2. The molecule has 1 N–H and O–H groups in total. The summed E-state index contributed by atoms with van der Waals surface area (Å²) >= 11 is 0.752. The van der Waals surface area contributed by atoms with Crippen LogP contribution >= 0.6 is 11.3 Å². The summed E-state index contributed by atoms with van der Waals surface area (Å²) in [6.45, 7) is 7.38. The van der Waals surface area contributed by atoms with Gasteiger partial charge in [-0.25, -0.2) is 8.42 Å². The van der Waals surface area contributed by atoms with Gasteiger partial charge < -0.3 is 4.57 Å². The van der Waals surface area contributed by atoms with E-state index in [9.17, 15) is 18.5 Å². The molecule has 0 spiro atoms. The molecular weight excluding hydrogens is 434 g/mol. The first-order chi connectivity index (χ1) is 14.7. The minimum Gasteiger partial charge on any atom is -0.318 e. The number of nitrogens with zero attached hydrogens (tertiary/aromatic N) is 4. The van der Waals surface area contributed by atoms with Gasteiger partial charge in [-0.2, -0.15) is 5.26 Å². The molecule has 2 heterocycles. The number of hydrogen-bond donors (Lipinski definition) is 1. The van der Waals surface area contributed by atoms with Gasteiger partial charge in [0.2, 0.25) is 19.3 Å². The number of nitriles is 1. The highest BCUT2D eigenvalue weighted by Crippen LogP contribution is 2.24. The van der Waals surface area contributed by atoms with Crippen molar-refractivity contribution < 1.29 is 13.2 Å². The van der Waals surface area contributed by atoms with Gasteiger partial charge in [0.25, 0.3) is 5.91 Å². The molecule has 0 fully saturated rings. The van der Waals surface area contributed by atoms with Crippen LogP contribution in [-0.4, -0.2) is 34.8 Å². The predicted molar refractivity (Wildman–Crippen MR) is 120 cm³/mol. The van der Waals surface area contributed by atoms with Gasteiger partial charge in [0.1, 0.15) is 11.6 Å². The predicted octanol–water partition coefficient (Wildman–Crippen LogP) is 3.59. The van der Waals surface area contributed by atoms with E-state index in [0.717, 1.165) is 39.5 Å². The minimum absolute atomic E-state index is 0.0169. The highest BCUT2D eigenvalue weighted by atomic mass is 32.2. The number of amides is 1. The molecule has 0 bridgehead atoms. The van der Waals surface area contributed by atoms with Gasteiger partial charge in [-0.3, -0.25) is 10.1 Å². The average molecular weight is 456 g/mol. The van der Waals surface area contributed by atoms with Crippen molar-refractivity contribution in [3.63, 3.8) is 0 Å². The van der Waals surface area contributed by atoms with Crippen molar-refractivity contribution in [3.8, 4) is 11.8 Å². The lowest BCUT2D eigenvalue weighted by Gasteiger charge is -2.10. The number of aromatic nitrogens is 3. The van der Waals surface area contributed by atoms with Crippen molar-refractivity contribution in [2.45, 2.75) is 32.0 Å². The van der Waals surface area contributed by atoms with E-state index >= 15 is 0 Å². The molecule has 0 saturated heterocycles. The first-order valence-electron chi connectivity index (χ1n) is 9.41. The average Bonchev–Trinajstić information content (AvgIpc) is 3.31. The van der Waals surface area contributed by atoms with Crippen LogP contribution < -0.4 is 5.32 Å². The number of aryl methyl sites for hydroxylation is 2. The maximum absolute atomic E-state index is 12.6. The van der Waals surface area contributed by atoms with E-state index in [1.54, 1.807) is 0 Å². The fourth-order valence-corrected chi connectivity index (χ4v) is 4.99. The molecule has 31 heavy (non-hydrogen) atoms. The molecule has 160 valence electrons. The van der Waals surface area contributed by atoms with Crippen molar-refractivity contribution >= 4 is 38.3 Å². The van der Waals surface area contributed by atoms with Gasteiger partial charge in [0, 0.05) is 17.1 Å². The van der Waals surface area contributed by atoms with Crippen LogP contribution in [0.1, 0.15) is 29.4 Å². The Balaban J connectivity index is 1.88. The summed E-state index contributed by atoms with van der Waals surface area (Å²) in [6, 6.07) is 11.9. The van der Waals surface area contributed by atoms with E-state index in [1.807, 2.05) is 61.7 Å². The first kappa shape index (κ1) is 22.4. The zero-order valence-corrected chi connectivity index (χ0v) is 19.1. The quantitative estimate of drug-likeness (QED) is 0.345. The Morgan fingerprint density at radius 1 is 1.23 bits per heavy atom. The third-order valence-electron chi connectivity index (χ3n) is 4.70. The molecule has 1 aromatic carbocycles. The summed E-state index contributed by atoms with van der Waals surface area (Å²) in [5.74, 6) is -0.797. The zero-order chi connectivity index (χ0) is 22.8. The van der Waals surface area contributed by atoms with Crippen molar-refractivity contribution in [2.75, 3.05) is 11.1 Å². The van der Waals surface area contributed by atoms with Crippen molar-refractivity contribution in [3.05, 3.63) is 58.4 Å². The van der Waals surface area contributed by atoms with E-state index in [0.29, 0.717) is 0 Å². The summed E-state index contributed by atoms with van der Waals surface area (Å²) in [7, 11) is -3.51. The molecule has 0 radical (unpaired) electrons. The number of hydrogen-bond acceptors (Lipinski definition) is 7. The normalized spacial score (nSPS) is 11.9. The third-order valence-corrected chi connectivity index (χ3v) is 7.72. The van der Waals surface area contributed by atoms with Gasteiger partial charge in [-0.1, -0.05) is 36.0 Å². The molecule has 2 aromatic heterocycles. The summed E-state index contributed by atoms with van der Waals surface area (Å²) in [5, 5.41) is 19.3. The summed E-state index contributed by atoms with van der Waals surface area (Å²) in [4.78, 5) is 12.6. The van der Waals surface area contributed by atoms with E-state index in [2.05, 4.69) is 15.5 Å². The second kappa shape index (κ2) is 8.83. The van der Waals surface area contributed by atoms with Gasteiger partial charge in [-0.15, -0.1) is 10.2 Å². The maximum atomic E-state index is 12.6. The van der Waals surface area contributed by atoms with Crippen LogP contribution in [0.15, 0.2) is 40.2 Å². The summed E-state index contributed by atoms with van der Waals surface area (Å²) in [6.07, 6.45) is 1.51. The maximum Gasteiger partial charge on any atom is 0.268 e. The molecule has 0 saturated carbocycles. The Morgan fingerprint density at radius 3 is 2.52 bits per heavy atom. The van der Waals surface area contributed by atoms with Crippen LogP contribution in [0.5, 0.6) is 0 Å². The lowest BCUT2D eigenvalue weighted by molar-refractivity contribution is -0.112. The first-order valence-corrected chi connectivity index (χ1v) is 11.9. The molecule has 0 unspecified atom stereocenters. The fraction of sp³-hybridized carbons (Fsp3) is 0.238. The molecule has 0 aliphatic heterocycles. The van der Waals surface area contributed by atoms with Crippen LogP contribution in [0.2, 0.25) is 0 Å². The molecule has 3 rings (SSSR count). The Kier molecular flexibility index (Phi) is 6.38. The van der Waals surface area contributed by atoms with Crippen LogP contribution in [-0.2, 0) is 14.6 Å². The molecule has 0 aliphatic carbocycles. The van der Waals surface area contributed by atoms with E-state index in [1.165, 1.54) is 13.0 Å². The Morgan fingerprint density at radius 2 is 1.90 bits per heavy atom. The highest BCUT2D eigenvalue weighted by molar-refractivity contribution is 7.93. The number of nitrogens with one attached hydrogen (secondary N) is 1. The minimum atomic E-state index is -3.51. The van der Waals surface area contributed by atoms with Gasteiger partial charge in [-0.05, 0) is 50.6 Å². The smallest absolute Gasteiger partial charge is 0.268 e. The second-order valence-corrected chi connectivity index (χ2v) is 10.3. The summed E-state index contributed by atoms with van der Waals surface area (Å²) in [5.41, 5.74) is 4.59. The molecule has 10 heteroatoms. The second-order valence-electron chi connectivity index (χ2n) is 6.90. The monoisotopic (exact) mass is 455 g/mol. The number of rotatable bonds is 6. The molecule has 8 nitrogen and oxygen atoms in total. The Bertz CT molecular complexity index is 1310. The molecule has 1 amide bonds. The fourth-order valence-electron chi connectivity index (χ4n) is 3.00. The Labute approximate surface area is 184 Å². The largest absolute Gasteiger partial charge is 0.318 e. The van der Waals surface area contributed by atoms with Gasteiger partial charge in [0.05, 0.1) is 5.75 Å². The lowest BCUT2D eigenvalue weighted by Crippen LogP contribution is -2.13. The van der Waals surface area contributed by atoms with Crippen molar-refractivity contribution in [1.82, 2.24) is 14.8 Å². The summed E-state index contributed by atoms with van der Waals surface area (Å²) < 4.78 is 25.6. The molecule has 0 atom stereocenters. The standard InChI is InChI=1S/C21H21N5O3S2/c1-5-31(28,29)21-25-24-20(30-21)23-19(27)17(12-22)11-16-10-14(3)26(15(16)4)18-8-6-13(2)7-9-18/h6-11H,5H2,1-4H3,(H,23,24,27). The molecule has 0 aliphatic rings. The van der Waals surface area contributed by atoms with Crippen LogP contribution in [0, 0.1) is 32.1 Å². The van der Waals surface area contributed by atoms with Crippen LogP contribution in [0.4, 0.5) is 5.13 Å². The number of anilines is 1. The van der Waals surface area contributed by atoms with Crippen LogP contribution in [0.25, 0.3) is 11.8 Å². The van der Waals surface area contributed by atoms with E-state index in [4.69, 9.17) is 0 Å². The van der Waals surface area contributed by atoms with Crippen molar-refractivity contribution in [1.29, 1.82) is 5.26 Å². The lowest BCUT2D eigenvalue weighted by atomic mass is 10.1. The highest BCUT2D eigenvalue weighted by Gasteiger charge is 2.20. The number of carbonyl (C=O) groups is 1.